The Morgan fingerprint density at radius 1 is 1.25 bits per heavy atom. The van der Waals surface area contributed by atoms with Gasteiger partial charge in [-0.05, 0) is 18.9 Å². The van der Waals surface area contributed by atoms with Crippen molar-refractivity contribution in [3.05, 3.63) is 41.5 Å². The number of aliphatic hydroxyl groups is 1. The van der Waals surface area contributed by atoms with Crippen molar-refractivity contribution in [3.63, 3.8) is 0 Å². The molecule has 2 rings (SSSR count). The molecular weight excluding hydrogens is 356 g/mol. The van der Waals surface area contributed by atoms with Crippen LogP contribution in [0.5, 0.6) is 6.01 Å². The monoisotopic (exact) mass is 386 g/mol. The van der Waals surface area contributed by atoms with Gasteiger partial charge in [0.15, 0.2) is 5.82 Å². The predicted octanol–water partition coefficient (Wildman–Crippen LogP) is 2.04. The average molecular weight is 387 g/mol. The van der Waals surface area contributed by atoms with Crippen molar-refractivity contribution in [1.82, 2.24) is 15.3 Å². The van der Waals surface area contributed by atoms with Crippen LogP contribution < -0.4 is 20.4 Å². The molecule has 0 aliphatic carbocycles. The molecule has 0 unspecified atom stereocenters. The van der Waals surface area contributed by atoms with E-state index in [1.807, 2.05) is 43.1 Å². The van der Waals surface area contributed by atoms with E-state index in [0.29, 0.717) is 31.5 Å². The van der Waals surface area contributed by atoms with Gasteiger partial charge in [-0.2, -0.15) is 15.1 Å². The fourth-order valence-electron chi connectivity index (χ4n) is 2.52. The maximum atomic E-state index is 8.79. The van der Waals surface area contributed by atoms with Gasteiger partial charge in [-0.25, -0.2) is 0 Å². The summed E-state index contributed by atoms with van der Waals surface area (Å²) in [5, 5.41) is 16.1. The van der Waals surface area contributed by atoms with Crippen LogP contribution in [0.4, 0.5) is 11.6 Å². The number of anilines is 2. The van der Waals surface area contributed by atoms with Crippen LogP contribution in [-0.4, -0.2) is 61.2 Å². The van der Waals surface area contributed by atoms with E-state index in [1.165, 1.54) is 5.56 Å². The van der Waals surface area contributed by atoms with Crippen molar-refractivity contribution in [2.24, 2.45) is 5.10 Å². The lowest BCUT2D eigenvalue weighted by Crippen LogP contribution is -2.24. The quantitative estimate of drug-likeness (QED) is 0.292. The Labute approximate surface area is 166 Å². The molecule has 28 heavy (non-hydrogen) atoms. The van der Waals surface area contributed by atoms with Crippen LogP contribution in [0.15, 0.2) is 35.4 Å². The molecule has 0 saturated heterocycles. The van der Waals surface area contributed by atoms with Gasteiger partial charge in [0.25, 0.3) is 0 Å². The number of rotatable bonds is 12. The zero-order valence-electron chi connectivity index (χ0n) is 16.9. The van der Waals surface area contributed by atoms with E-state index >= 15 is 0 Å². The molecule has 0 saturated carbocycles. The highest BCUT2D eigenvalue weighted by Crippen LogP contribution is 2.19. The second kappa shape index (κ2) is 11.9. The molecule has 2 aromatic rings. The van der Waals surface area contributed by atoms with Crippen molar-refractivity contribution in [2.75, 3.05) is 50.2 Å². The summed E-state index contributed by atoms with van der Waals surface area (Å²) in [5.41, 5.74) is 5.16. The minimum atomic E-state index is 0.0980. The number of aromatic nitrogens is 2. The maximum absolute atomic E-state index is 8.79. The third kappa shape index (κ3) is 7.50. The number of benzene rings is 1. The van der Waals surface area contributed by atoms with E-state index in [-0.39, 0.29) is 6.61 Å². The van der Waals surface area contributed by atoms with Crippen LogP contribution in [-0.2, 0) is 0 Å². The number of nitrogens with zero attached hydrogens (tertiary/aromatic N) is 4. The van der Waals surface area contributed by atoms with Crippen LogP contribution >= 0.6 is 0 Å². The Morgan fingerprint density at radius 3 is 2.86 bits per heavy atom. The molecule has 1 aromatic carbocycles. The van der Waals surface area contributed by atoms with Gasteiger partial charge in [0.1, 0.15) is 12.4 Å². The molecule has 1 heterocycles. The lowest BCUT2D eigenvalue weighted by atomic mass is 10.2. The molecule has 0 fully saturated rings. The molecule has 3 N–H and O–H groups in total. The zero-order valence-corrected chi connectivity index (χ0v) is 16.9. The highest BCUT2D eigenvalue weighted by Gasteiger charge is 2.09. The van der Waals surface area contributed by atoms with Crippen molar-refractivity contribution in [3.8, 4) is 6.01 Å². The van der Waals surface area contributed by atoms with Gasteiger partial charge in [-0.15, -0.1) is 0 Å². The lowest BCUT2D eigenvalue weighted by Gasteiger charge is -2.18. The van der Waals surface area contributed by atoms with Gasteiger partial charge in [0.2, 0.25) is 0 Å². The first kappa shape index (κ1) is 21.6. The Bertz CT molecular complexity index is 753. The Kier molecular flexibility index (Phi) is 9.17. The molecule has 0 atom stereocenters. The lowest BCUT2D eigenvalue weighted by molar-refractivity contribution is 0.267. The number of ether oxygens (including phenoxy) is 1. The summed E-state index contributed by atoms with van der Waals surface area (Å²) in [5.74, 6) is 1.33. The number of hydrazone groups is 1. The minimum Gasteiger partial charge on any atom is -0.462 e. The normalized spacial score (nSPS) is 11.0. The topological polar surface area (TPSA) is 94.9 Å². The summed E-state index contributed by atoms with van der Waals surface area (Å²) in [6, 6.07) is 10.2. The van der Waals surface area contributed by atoms with Crippen molar-refractivity contribution in [2.45, 2.75) is 20.3 Å². The van der Waals surface area contributed by atoms with E-state index < -0.39 is 0 Å². The van der Waals surface area contributed by atoms with Crippen LogP contribution in [0.1, 0.15) is 24.5 Å². The number of hydrogen-bond acceptors (Lipinski definition) is 8. The predicted molar refractivity (Wildman–Crippen MR) is 113 cm³/mol. The number of nitrogens with one attached hydrogen (secondary N) is 2. The summed E-state index contributed by atoms with van der Waals surface area (Å²) in [7, 11) is 1.98. The first-order valence-electron chi connectivity index (χ1n) is 9.52. The third-order valence-corrected chi connectivity index (χ3v) is 3.88. The highest BCUT2D eigenvalue weighted by molar-refractivity contribution is 5.80. The van der Waals surface area contributed by atoms with Crippen LogP contribution in [0.25, 0.3) is 0 Å². The number of aliphatic hydroxyl groups excluding tert-OH is 1. The maximum Gasteiger partial charge on any atom is 0.320 e. The standard InChI is InChI=1S/C20H30N6O2/c1-4-10-26(3)19-14-18(23-20(24-19)28-12-9-21-8-11-27)25-22-15-17-7-5-6-16(2)13-17/h5-7,13-15,21,27H,4,8-12H2,1-3H3,(H,23,24,25)/b22-15+. The molecule has 8 heteroatoms. The van der Waals surface area contributed by atoms with Crippen LogP contribution in [0, 0.1) is 6.92 Å². The van der Waals surface area contributed by atoms with Crippen LogP contribution in [0.2, 0.25) is 0 Å². The van der Waals surface area contributed by atoms with Gasteiger partial charge >= 0.3 is 6.01 Å². The van der Waals surface area contributed by atoms with Gasteiger partial charge in [0, 0.05) is 32.7 Å². The molecular formula is C20H30N6O2. The second-order valence-electron chi connectivity index (χ2n) is 6.42. The number of aryl methyl sites for hydroxylation is 1. The van der Waals surface area contributed by atoms with Gasteiger partial charge < -0.3 is 20.1 Å². The Hall–Kier alpha value is -2.71. The summed E-state index contributed by atoms with van der Waals surface area (Å²) in [6.07, 6.45) is 2.76. The van der Waals surface area contributed by atoms with E-state index in [9.17, 15) is 0 Å². The summed E-state index contributed by atoms with van der Waals surface area (Å²) < 4.78 is 5.66. The van der Waals surface area contributed by atoms with E-state index in [2.05, 4.69) is 38.8 Å². The SMILES string of the molecule is CCCN(C)c1cc(N/N=C/c2cccc(C)c2)nc(OCCNCCO)n1. The number of hydrogen-bond donors (Lipinski definition) is 3. The van der Waals surface area contributed by atoms with Gasteiger partial charge in [-0.1, -0.05) is 36.8 Å². The first-order chi connectivity index (χ1) is 13.6. The molecule has 0 aliphatic rings. The van der Waals surface area contributed by atoms with Crippen LogP contribution in [0.3, 0.4) is 0 Å². The minimum absolute atomic E-state index is 0.0980. The fraction of sp³-hybridized carbons (Fsp3) is 0.450. The molecule has 0 aliphatic heterocycles. The molecule has 0 radical (unpaired) electrons. The largest absolute Gasteiger partial charge is 0.462 e. The summed E-state index contributed by atoms with van der Waals surface area (Å²) in [4.78, 5) is 10.9. The molecule has 8 nitrogen and oxygen atoms in total. The fourth-order valence-corrected chi connectivity index (χ4v) is 2.52. The molecule has 152 valence electrons. The Balaban J connectivity index is 2.07. The average Bonchev–Trinajstić information content (AvgIpc) is 2.68. The van der Waals surface area contributed by atoms with E-state index in [1.54, 1.807) is 6.21 Å². The van der Waals surface area contributed by atoms with Crippen molar-refractivity contribution >= 4 is 17.9 Å². The van der Waals surface area contributed by atoms with E-state index in [4.69, 9.17) is 9.84 Å². The molecule has 0 spiro atoms. The van der Waals surface area contributed by atoms with Gasteiger partial charge in [-0.3, -0.25) is 5.43 Å². The smallest absolute Gasteiger partial charge is 0.320 e. The zero-order chi connectivity index (χ0) is 20.2. The highest BCUT2D eigenvalue weighted by atomic mass is 16.5. The van der Waals surface area contributed by atoms with Crippen molar-refractivity contribution in [1.29, 1.82) is 0 Å². The molecule has 0 amide bonds. The second-order valence-corrected chi connectivity index (χ2v) is 6.42. The van der Waals surface area contributed by atoms with Crippen molar-refractivity contribution < 1.29 is 9.84 Å². The van der Waals surface area contributed by atoms with Gasteiger partial charge in [0.05, 0.1) is 12.8 Å². The summed E-state index contributed by atoms with van der Waals surface area (Å²) in [6.45, 7) is 6.68. The first-order valence-corrected chi connectivity index (χ1v) is 9.52. The Morgan fingerprint density at radius 2 is 2.11 bits per heavy atom. The van der Waals surface area contributed by atoms with E-state index in [0.717, 1.165) is 24.3 Å². The third-order valence-electron chi connectivity index (χ3n) is 3.88. The molecule has 0 bridgehead atoms. The summed E-state index contributed by atoms with van der Waals surface area (Å²) >= 11 is 0. The molecule has 1 aromatic heterocycles.